The van der Waals surface area contributed by atoms with Crippen LogP contribution in [-0.4, -0.2) is 33.1 Å². The first-order chi connectivity index (χ1) is 9.99. The van der Waals surface area contributed by atoms with Crippen molar-refractivity contribution in [3.05, 3.63) is 18.2 Å². The molecule has 0 fully saturated rings. The number of nitrogens with zero attached hydrogens (tertiary/aromatic N) is 1. The lowest BCUT2D eigenvalue weighted by molar-refractivity contribution is -0.115. The van der Waals surface area contributed by atoms with Gasteiger partial charge in [-0.25, -0.2) is 4.98 Å². The fraction of sp³-hybridized carbons (Fsp3) is 0.429. The molecular weight excluding hydrogens is 306 g/mol. The minimum atomic E-state index is -0.191. The van der Waals surface area contributed by atoms with E-state index in [-0.39, 0.29) is 23.0 Å². The predicted octanol–water partition coefficient (Wildman–Crippen LogP) is 2.71. The molecule has 1 aromatic heterocycles. The zero-order valence-corrected chi connectivity index (χ0v) is 13.6. The standard InChI is InChI=1S/C14H19N3O2S2/c1-8(5-6-18)20-9(2)13(19)17-14-16-11-4-3-10(15)7-12(11)21-14/h3-4,7-9,18H,5-6,15H2,1-2H3,(H,16,17,19). The second-order valence-corrected chi connectivity index (χ2v) is 7.65. The Morgan fingerprint density at radius 3 is 3.00 bits per heavy atom. The van der Waals surface area contributed by atoms with E-state index in [1.807, 2.05) is 26.0 Å². The molecule has 2 rings (SSSR count). The van der Waals surface area contributed by atoms with Gasteiger partial charge in [-0.1, -0.05) is 18.3 Å². The molecule has 114 valence electrons. The van der Waals surface area contributed by atoms with Crippen LogP contribution < -0.4 is 11.1 Å². The fourth-order valence-electron chi connectivity index (χ4n) is 1.86. The number of rotatable bonds is 6. The summed E-state index contributed by atoms with van der Waals surface area (Å²) in [6.45, 7) is 4.01. The van der Waals surface area contributed by atoms with Crippen LogP contribution in [0, 0.1) is 0 Å². The second-order valence-electron chi connectivity index (χ2n) is 4.84. The number of thiazole rings is 1. The van der Waals surface area contributed by atoms with Crippen molar-refractivity contribution in [3.8, 4) is 0 Å². The summed E-state index contributed by atoms with van der Waals surface area (Å²) in [6, 6.07) is 5.49. The van der Waals surface area contributed by atoms with Crippen molar-refractivity contribution in [2.75, 3.05) is 17.7 Å². The van der Waals surface area contributed by atoms with Gasteiger partial charge in [0.25, 0.3) is 0 Å². The summed E-state index contributed by atoms with van der Waals surface area (Å²) >= 11 is 2.96. The van der Waals surface area contributed by atoms with Crippen molar-refractivity contribution in [3.63, 3.8) is 0 Å². The van der Waals surface area contributed by atoms with E-state index in [1.165, 1.54) is 11.3 Å². The van der Waals surface area contributed by atoms with Gasteiger partial charge in [0.1, 0.15) is 0 Å². The number of nitrogens with one attached hydrogen (secondary N) is 1. The van der Waals surface area contributed by atoms with Crippen LogP contribution in [0.5, 0.6) is 0 Å². The smallest absolute Gasteiger partial charge is 0.238 e. The molecule has 0 aliphatic carbocycles. The molecule has 0 bridgehead atoms. The summed E-state index contributed by atoms with van der Waals surface area (Å²) in [5, 5.41) is 12.4. The highest BCUT2D eigenvalue weighted by Crippen LogP contribution is 2.28. The number of aliphatic hydroxyl groups is 1. The number of aromatic nitrogens is 1. The molecule has 0 aliphatic heterocycles. The van der Waals surface area contributed by atoms with E-state index in [0.29, 0.717) is 17.2 Å². The Morgan fingerprint density at radius 1 is 1.52 bits per heavy atom. The highest BCUT2D eigenvalue weighted by atomic mass is 32.2. The lowest BCUT2D eigenvalue weighted by Crippen LogP contribution is -2.24. The number of benzene rings is 1. The first-order valence-electron chi connectivity index (χ1n) is 6.73. The molecular formula is C14H19N3O2S2. The minimum Gasteiger partial charge on any atom is -0.399 e. The number of aliphatic hydroxyl groups excluding tert-OH is 1. The maximum atomic E-state index is 12.1. The van der Waals surface area contributed by atoms with Crippen molar-refractivity contribution in [1.29, 1.82) is 0 Å². The maximum absolute atomic E-state index is 12.1. The SMILES string of the molecule is CC(CCO)SC(C)C(=O)Nc1nc2ccc(N)cc2s1. The number of anilines is 2. The summed E-state index contributed by atoms with van der Waals surface area (Å²) in [5.41, 5.74) is 7.25. The number of hydrogen-bond acceptors (Lipinski definition) is 6. The molecule has 1 amide bonds. The summed E-state index contributed by atoms with van der Waals surface area (Å²) in [6.07, 6.45) is 0.683. The maximum Gasteiger partial charge on any atom is 0.238 e. The average molecular weight is 325 g/mol. The van der Waals surface area contributed by atoms with Crippen molar-refractivity contribution >= 4 is 50.0 Å². The largest absolute Gasteiger partial charge is 0.399 e. The van der Waals surface area contributed by atoms with Crippen LogP contribution in [0.15, 0.2) is 18.2 Å². The van der Waals surface area contributed by atoms with Gasteiger partial charge in [-0.2, -0.15) is 0 Å². The summed E-state index contributed by atoms with van der Waals surface area (Å²) in [5.74, 6) is -0.0724. The third-order valence-corrected chi connectivity index (χ3v) is 5.24. The molecule has 0 spiro atoms. The van der Waals surface area contributed by atoms with Crippen molar-refractivity contribution in [1.82, 2.24) is 4.98 Å². The number of thioether (sulfide) groups is 1. The quantitative estimate of drug-likeness (QED) is 0.711. The van der Waals surface area contributed by atoms with Gasteiger partial charge in [0.15, 0.2) is 5.13 Å². The molecule has 4 N–H and O–H groups in total. The zero-order valence-electron chi connectivity index (χ0n) is 12.0. The third-order valence-electron chi connectivity index (χ3n) is 2.98. The molecule has 5 nitrogen and oxygen atoms in total. The van der Waals surface area contributed by atoms with E-state index < -0.39 is 0 Å². The van der Waals surface area contributed by atoms with Crippen molar-refractivity contribution in [2.24, 2.45) is 0 Å². The number of nitrogen functional groups attached to an aromatic ring is 1. The lowest BCUT2D eigenvalue weighted by atomic mass is 10.3. The monoisotopic (exact) mass is 325 g/mol. The molecule has 0 aliphatic rings. The van der Waals surface area contributed by atoms with Gasteiger partial charge < -0.3 is 16.2 Å². The van der Waals surface area contributed by atoms with Crippen LogP contribution in [-0.2, 0) is 4.79 Å². The number of carbonyl (C=O) groups excluding carboxylic acids is 1. The van der Waals surface area contributed by atoms with Crippen LogP contribution >= 0.6 is 23.1 Å². The fourth-order valence-corrected chi connectivity index (χ4v) is 3.90. The Labute approximate surface area is 131 Å². The van der Waals surface area contributed by atoms with Crippen molar-refractivity contribution < 1.29 is 9.90 Å². The number of hydrogen-bond donors (Lipinski definition) is 3. The van der Waals surface area contributed by atoms with E-state index in [9.17, 15) is 4.79 Å². The van der Waals surface area contributed by atoms with E-state index in [4.69, 9.17) is 10.8 Å². The molecule has 2 aromatic rings. The molecule has 1 heterocycles. The Balaban J connectivity index is 2.00. The van der Waals surface area contributed by atoms with Crippen LogP contribution in [0.1, 0.15) is 20.3 Å². The molecule has 2 atom stereocenters. The molecule has 0 radical (unpaired) electrons. The first-order valence-corrected chi connectivity index (χ1v) is 8.48. The van der Waals surface area contributed by atoms with Gasteiger partial charge in [-0.3, -0.25) is 4.79 Å². The molecule has 7 heteroatoms. The van der Waals surface area contributed by atoms with Gasteiger partial charge in [-0.05, 0) is 31.5 Å². The summed E-state index contributed by atoms with van der Waals surface area (Å²) in [7, 11) is 0. The van der Waals surface area contributed by atoms with Gasteiger partial charge >= 0.3 is 0 Å². The van der Waals surface area contributed by atoms with Crippen LogP contribution in [0.3, 0.4) is 0 Å². The van der Waals surface area contributed by atoms with E-state index >= 15 is 0 Å². The van der Waals surface area contributed by atoms with Gasteiger partial charge in [-0.15, -0.1) is 11.8 Å². The number of carbonyl (C=O) groups is 1. The molecule has 1 aromatic carbocycles. The van der Waals surface area contributed by atoms with Crippen LogP contribution in [0.4, 0.5) is 10.8 Å². The van der Waals surface area contributed by atoms with Gasteiger partial charge in [0, 0.05) is 17.5 Å². The second kappa shape index (κ2) is 7.11. The Hall–Kier alpha value is -1.31. The topological polar surface area (TPSA) is 88.2 Å². The average Bonchev–Trinajstić information content (AvgIpc) is 2.80. The molecule has 2 unspecified atom stereocenters. The predicted molar refractivity (Wildman–Crippen MR) is 90.9 cm³/mol. The van der Waals surface area contributed by atoms with Crippen LogP contribution in [0.2, 0.25) is 0 Å². The van der Waals surface area contributed by atoms with E-state index in [1.54, 1.807) is 17.8 Å². The van der Waals surface area contributed by atoms with Gasteiger partial charge in [0.05, 0.1) is 15.5 Å². The van der Waals surface area contributed by atoms with E-state index in [2.05, 4.69) is 10.3 Å². The Morgan fingerprint density at radius 2 is 2.29 bits per heavy atom. The van der Waals surface area contributed by atoms with Crippen LogP contribution in [0.25, 0.3) is 10.2 Å². The summed E-state index contributed by atoms with van der Waals surface area (Å²) < 4.78 is 0.958. The minimum absolute atomic E-state index is 0.0724. The first kappa shape index (κ1) is 16.1. The number of amides is 1. The molecule has 21 heavy (non-hydrogen) atoms. The number of nitrogens with two attached hydrogens (primary N) is 1. The van der Waals surface area contributed by atoms with Gasteiger partial charge in [0.2, 0.25) is 5.91 Å². The zero-order chi connectivity index (χ0) is 15.4. The normalized spacial score (nSPS) is 14.0. The van der Waals surface area contributed by atoms with E-state index in [0.717, 1.165) is 10.2 Å². The highest BCUT2D eigenvalue weighted by molar-refractivity contribution is 8.01. The molecule has 0 saturated heterocycles. The van der Waals surface area contributed by atoms with Crippen molar-refractivity contribution in [2.45, 2.75) is 30.8 Å². The Bertz CT molecular complexity index is 630. The third kappa shape index (κ3) is 4.33. The highest BCUT2D eigenvalue weighted by Gasteiger charge is 2.18. The Kier molecular flexibility index (Phi) is 5.44. The lowest BCUT2D eigenvalue weighted by Gasteiger charge is -2.15. The number of fused-ring (bicyclic) bond motifs is 1. The summed E-state index contributed by atoms with van der Waals surface area (Å²) in [4.78, 5) is 16.5. The molecule has 0 saturated carbocycles.